The summed E-state index contributed by atoms with van der Waals surface area (Å²) in [4.78, 5) is 10.7. The number of carbonyl (C=O) groups excluding carboxylic acids is 1. The summed E-state index contributed by atoms with van der Waals surface area (Å²) in [5.41, 5.74) is 0.595. The van der Waals surface area contributed by atoms with Crippen molar-refractivity contribution in [1.29, 1.82) is 0 Å². The van der Waals surface area contributed by atoms with E-state index < -0.39 is 0 Å². The molecule has 0 heterocycles. The molecule has 0 fully saturated rings. The van der Waals surface area contributed by atoms with Crippen LogP contribution in [0, 0.1) is 0 Å². The minimum atomic E-state index is 0.259. The number of para-hydroxylation sites is 1. The van der Waals surface area contributed by atoms with Crippen molar-refractivity contribution < 1.29 is 14.6 Å². The largest absolute Gasteiger partial charge is 0.493 e. The zero-order valence-corrected chi connectivity index (χ0v) is 9.39. The van der Waals surface area contributed by atoms with Crippen molar-refractivity contribution >= 4 is 6.29 Å². The molecular weight excluding hydrogens is 204 g/mol. The van der Waals surface area contributed by atoms with Gasteiger partial charge in [0.2, 0.25) is 0 Å². The van der Waals surface area contributed by atoms with Crippen LogP contribution in [-0.4, -0.2) is 24.6 Å². The quantitative estimate of drug-likeness (QED) is 0.543. The number of rotatable bonds is 8. The van der Waals surface area contributed by atoms with Gasteiger partial charge in [-0.2, -0.15) is 0 Å². The molecule has 0 saturated carbocycles. The Morgan fingerprint density at radius 3 is 2.62 bits per heavy atom. The summed E-state index contributed by atoms with van der Waals surface area (Å²) < 4.78 is 5.51. The fraction of sp³-hybridized carbons (Fsp3) is 0.462. The van der Waals surface area contributed by atoms with Crippen molar-refractivity contribution in [3.8, 4) is 5.75 Å². The van der Waals surface area contributed by atoms with Crippen LogP contribution in [0.3, 0.4) is 0 Å². The number of aliphatic hydroxyl groups excluding tert-OH is 1. The van der Waals surface area contributed by atoms with E-state index in [1.807, 2.05) is 12.1 Å². The maximum atomic E-state index is 10.7. The summed E-state index contributed by atoms with van der Waals surface area (Å²) in [6.45, 7) is 0.880. The molecule has 1 aromatic rings. The van der Waals surface area contributed by atoms with Crippen LogP contribution < -0.4 is 4.74 Å². The minimum Gasteiger partial charge on any atom is -0.493 e. The van der Waals surface area contributed by atoms with Gasteiger partial charge < -0.3 is 9.84 Å². The normalized spacial score (nSPS) is 10.1. The lowest BCUT2D eigenvalue weighted by molar-refractivity contribution is 0.111. The first kappa shape index (κ1) is 12.7. The molecule has 0 aromatic heterocycles. The topological polar surface area (TPSA) is 46.5 Å². The first-order valence-electron chi connectivity index (χ1n) is 5.66. The number of ether oxygens (including phenoxy) is 1. The lowest BCUT2D eigenvalue weighted by Crippen LogP contribution is -2.00. The second-order valence-electron chi connectivity index (χ2n) is 3.64. The van der Waals surface area contributed by atoms with Crippen LogP contribution in [0.5, 0.6) is 5.75 Å². The number of carbonyl (C=O) groups is 1. The van der Waals surface area contributed by atoms with E-state index in [1.54, 1.807) is 12.1 Å². The van der Waals surface area contributed by atoms with Gasteiger partial charge in [0.15, 0.2) is 6.29 Å². The monoisotopic (exact) mass is 222 g/mol. The molecule has 0 aliphatic rings. The van der Waals surface area contributed by atoms with E-state index >= 15 is 0 Å². The molecule has 0 unspecified atom stereocenters. The molecule has 1 aromatic carbocycles. The van der Waals surface area contributed by atoms with Crippen molar-refractivity contribution in [2.75, 3.05) is 13.2 Å². The molecule has 0 atom stereocenters. The maximum Gasteiger partial charge on any atom is 0.153 e. The van der Waals surface area contributed by atoms with Crippen LogP contribution in [0.2, 0.25) is 0 Å². The lowest BCUT2D eigenvalue weighted by atomic mass is 10.2. The van der Waals surface area contributed by atoms with Gasteiger partial charge in [-0.1, -0.05) is 18.6 Å². The maximum absolute atomic E-state index is 10.7. The first-order chi connectivity index (χ1) is 7.88. The van der Waals surface area contributed by atoms with E-state index in [0.717, 1.165) is 32.0 Å². The number of aliphatic hydroxyl groups is 1. The Morgan fingerprint density at radius 2 is 1.88 bits per heavy atom. The highest BCUT2D eigenvalue weighted by atomic mass is 16.5. The Balaban J connectivity index is 2.23. The van der Waals surface area contributed by atoms with E-state index in [4.69, 9.17) is 9.84 Å². The molecule has 0 amide bonds. The molecule has 1 rings (SSSR count). The highest BCUT2D eigenvalue weighted by Gasteiger charge is 2.00. The van der Waals surface area contributed by atoms with E-state index in [1.165, 1.54) is 0 Å². The summed E-state index contributed by atoms with van der Waals surface area (Å²) in [7, 11) is 0. The molecule has 1 N–H and O–H groups in total. The number of unbranched alkanes of at least 4 members (excludes halogenated alkanes) is 3. The van der Waals surface area contributed by atoms with Crippen LogP contribution >= 0.6 is 0 Å². The Hall–Kier alpha value is -1.35. The summed E-state index contributed by atoms with van der Waals surface area (Å²) in [6.07, 6.45) is 4.68. The third-order valence-electron chi connectivity index (χ3n) is 2.36. The van der Waals surface area contributed by atoms with Crippen molar-refractivity contribution in [3.63, 3.8) is 0 Å². The predicted octanol–water partition coefficient (Wildman–Crippen LogP) is 2.43. The first-order valence-corrected chi connectivity index (χ1v) is 5.66. The molecule has 88 valence electrons. The SMILES string of the molecule is O=Cc1ccccc1OCCCCCCO. The average molecular weight is 222 g/mol. The number of aldehydes is 1. The fourth-order valence-electron chi connectivity index (χ4n) is 1.46. The molecule has 3 heteroatoms. The molecule has 3 nitrogen and oxygen atoms in total. The highest BCUT2D eigenvalue weighted by molar-refractivity contribution is 5.79. The van der Waals surface area contributed by atoms with E-state index in [0.29, 0.717) is 17.9 Å². The number of benzene rings is 1. The van der Waals surface area contributed by atoms with Crippen LogP contribution in [0.4, 0.5) is 0 Å². The molecule has 0 bridgehead atoms. The molecule has 0 radical (unpaired) electrons. The lowest BCUT2D eigenvalue weighted by Gasteiger charge is -2.07. The van der Waals surface area contributed by atoms with Gasteiger partial charge in [0.05, 0.1) is 12.2 Å². The molecule has 0 spiro atoms. The summed E-state index contributed by atoms with van der Waals surface area (Å²) in [6, 6.07) is 7.22. The Labute approximate surface area is 96.1 Å². The zero-order chi connectivity index (χ0) is 11.6. The van der Waals surface area contributed by atoms with Crippen LogP contribution in [0.25, 0.3) is 0 Å². The fourth-order valence-corrected chi connectivity index (χ4v) is 1.46. The molecule has 0 aliphatic carbocycles. The molecule has 16 heavy (non-hydrogen) atoms. The smallest absolute Gasteiger partial charge is 0.153 e. The van der Waals surface area contributed by atoms with Gasteiger partial charge >= 0.3 is 0 Å². The van der Waals surface area contributed by atoms with Crippen molar-refractivity contribution in [2.45, 2.75) is 25.7 Å². The number of hydrogen-bond acceptors (Lipinski definition) is 3. The number of hydrogen-bond donors (Lipinski definition) is 1. The van der Waals surface area contributed by atoms with Crippen LogP contribution in [0.1, 0.15) is 36.0 Å². The second kappa shape index (κ2) is 7.88. The summed E-state index contributed by atoms with van der Waals surface area (Å²) >= 11 is 0. The second-order valence-corrected chi connectivity index (χ2v) is 3.64. The Bertz CT molecular complexity index is 310. The van der Waals surface area contributed by atoms with Gasteiger partial charge in [-0.15, -0.1) is 0 Å². The standard InChI is InChI=1S/C13H18O3/c14-9-5-1-2-6-10-16-13-8-4-3-7-12(13)11-15/h3-4,7-8,11,14H,1-2,5-6,9-10H2. The van der Waals surface area contributed by atoms with Gasteiger partial charge in [0.25, 0.3) is 0 Å². The Kier molecular flexibility index (Phi) is 6.26. The van der Waals surface area contributed by atoms with Crippen LogP contribution in [0.15, 0.2) is 24.3 Å². The van der Waals surface area contributed by atoms with Crippen LogP contribution in [-0.2, 0) is 0 Å². The van der Waals surface area contributed by atoms with Gasteiger partial charge in [0, 0.05) is 6.61 Å². The summed E-state index contributed by atoms with van der Waals surface area (Å²) in [5, 5.41) is 8.60. The average Bonchev–Trinajstić information content (AvgIpc) is 2.34. The van der Waals surface area contributed by atoms with E-state index in [2.05, 4.69) is 0 Å². The van der Waals surface area contributed by atoms with Crippen molar-refractivity contribution in [1.82, 2.24) is 0 Å². The van der Waals surface area contributed by atoms with Crippen molar-refractivity contribution in [3.05, 3.63) is 29.8 Å². The molecule has 0 saturated heterocycles. The zero-order valence-electron chi connectivity index (χ0n) is 9.39. The van der Waals surface area contributed by atoms with E-state index in [9.17, 15) is 4.79 Å². The third-order valence-corrected chi connectivity index (χ3v) is 2.36. The third kappa shape index (κ3) is 4.45. The van der Waals surface area contributed by atoms with Gasteiger partial charge in [-0.25, -0.2) is 0 Å². The van der Waals surface area contributed by atoms with Gasteiger partial charge in [-0.05, 0) is 31.4 Å². The predicted molar refractivity (Wildman–Crippen MR) is 62.9 cm³/mol. The minimum absolute atomic E-state index is 0.259. The Morgan fingerprint density at radius 1 is 1.12 bits per heavy atom. The van der Waals surface area contributed by atoms with Gasteiger partial charge in [-0.3, -0.25) is 4.79 Å². The highest BCUT2D eigenvalue weighted by Crippen LogP contribution is 2.16. The van der Waals surface area contributed by atoms with Gasteiger partial charge in [0.1, 0.15) is 5.75 Å². The molecular formula is C13H18O3. The van der Waals surface area contributed by atoms with E-state index in [-0.39, 0.29) is 6.61 Å². The summed E-state index contributed by atoms with van der Waals surface area (Å²) in [5.74, 6) is 0.652. The van der Waals surface area contributed by atoms with Crippen molar-refractivity contribution in [2.24, 2.45) is 0 Å². The molecule has 0 aliphatic heterocycles.